The molecule has 14 heavy (non-hydrogen) atoms. The Kier molecular flexibility index (Phi) is 2.47. The largest absolute Gasteiger partial charge is 0.435 e. The van der Waals surface area contributed by atoms with Crippen LogP contribution < -0.4 is 5.48 Å². The molecule has 1 aromatic heterocycles. The lowest BCUT2D eigenvalue weighted by atomic mass is 10.3. The molecule has 1 aromatic rings. The highest BCUT2D eigenvalue weighted by Crippen LogP contribution is 2.28. The van der Waals surface area contributed by atoms with Crippen LogP contribution in [-0.4, -0.2) is 20.8 Å². The van der Waals surface area contributed by atoms with Crippen LogP contribution in [0.2, 0.25) is 0 Å². The number of amidine groups is 1. The molecule has 0 amide bonds. The van der Waals surface area contributed by atoms with E-state index in [-0.39, 0.29) is 5.69 Å². The summed E-state index contributed by atoms with van der Waals surface area (Å²) in [6.07, 6.45) is -4.55. The summed E-state index contributed by atoms with van der Waals surface area (Å²) in [5, 5.41) is 18.5. The van der Waals surface area contributed by atoms with Crippen LogP contribution in [0.5, 0.6) is 0 Å². The minimum Gasteiger partial charge on any atom is -0.290 e. The van der Waals surface area contributed by atoms with Crippen molar-refractivity contribution in [3.8, 4) is 0 Å². The van der Waals surface area contributed by atoms with E-state index in [4.69, 9.17) is 10.6 Å². The Morgan fingerprint density at radius 3 is 2.57 bits per heavy atom. The quantitative estimate of drug-likeness (QED) is 0.362. The van der Waals surface area contributed by atoms with Crippen molar-refractivity contribution in [1.82, 2.24) is 15.3 Å². The van der Waals surface area contributed by atoms with Crippen molar-refractivity contribution in [2.75, 3.05) is 0 Å². The Balaban J connectivity index is 3.12. The molecule has 0 bridgehead atoms. The fraction of sp³-hybridized carbons (Fsp3) is 0.333. The normalized spacial score (nSPS) is 11.5. The van der Waals surface area contributed by atoms with Crippen molar-refractivity contribution in [3.63, 3.8) is 0 Å². The third kappa shape index (κ3) is 1.84. The van der Waals surface area contributed by atoms with Gasteiger partial charge in [-0.2, -0.15) is 18.3 Å². The van der Waals surface area contributed by atoms with E-state index >= 15 is 0 Å². The van der Waals surface area contributed by atoms with Crippen LogP contribution in [0, 0.1) is 5.41 Å². The van der Waals surface area contributed by atoms with Crippen molar-refractivity contribution in [2.45, 2.75) is 6.18 Å². The summed E-state index contributed by atoms with van der Waals surface area (Å²) in [7, 11) is 1.25. The molecule has 0 aliphatic carbocycles. The summed E-state index contributed by atoms with van der Waals surface area (Å²) in [6.45, 7) is 0. The van der Waals surface area contributed by atoms with Gasteiger partial charge in [-0.15, -0.1) is 0 Å². The molecule has 78 valence electrons. The first-order chi connectivity index (χ1) is 6.36. The average Bonchev–Trinajstić information content (AvgIpc) is 2.45. The Morgan fingerprint density at radius 1 is 1.64 bits per heavy atom. The van der Waals surface area contributed by atoms with Gasteiger partial charge in [0, 0.05) is 7.05 Å². The van der Waals surface area contributed by atoms with Crippen LogP contribution in [0.4, 0.5) is 13.2 Å². The van der Waals surface area contributed by atoms with Gasteiger partial charge in [0.15, 0.2) is 11.5 Å². The summed E-state index contributed by atoms with van der Waals surface area (Å²) in [6, 6.07) is 0.672. The lowest BCUT2D eigenvalue weighted by Gasteiger charge is -1.99. The number of hydrogen-bond donors (Lipinski definition) is 3. The first-order valence-corrected chi connectivity index (χ1v) is 3.46. The number of nitrogens with zero attached hydrogens (tertiary/aromatic N) is 2. The van der Waals surface area contributed by atoms with Gasteiger partial charge in [-0.1, -0.05) is 0 Å². The molecule has 0 radical (unpaired) electrons. The summed E-state index contributed by atoms with van der Waals surface area (Å²) in [5.74, 6) is -0.546. The zero-order valence-electron chi connectivity index (χ0n) is 7.05. The minimum absolute atomic E-state index is 0.153. The third-order valence-corrected chi connectivity index (χ3v) is 1.54. The van der Waals surface area contributed by atoms with Crippen LogP contribution >= 0.6 is 0 Å². The van der Waals surface area contributed by atoms with Crippen molar-refractivity contribution in [3.05, 3.63) is 17.5 Å². The van der Waals surface area contributed by atoms with E-state index in [2.05, 4.69) is 5.10 Å². The number of alkyl halides is 3. The van der Waals surface area contributed by atoms with Crippen molar-refractivity contribution >= 4 is 5.84 Å². The molecule has 0 aliphatic rings. The van der Waals surface area contributed by atoms with E-state index in [0.717, 1.165) is 4.68 Å². The topological polar surface area (TPSA) is 73.9 Å². The summed E-state index contributed by atoms with van der Waals surface area (Å²) < 4.78 is 37.2. The Labute approximate surface area is 76.6 Å². The second-order valence-corrected chi connectivity index (χ2v) is 2.52. The van der Waals surface area contributed by atoms with E-state index in [0.29, 0.717) is 6.07 Å². The van der Waals surface area contributed by atoms with Crippen LogP contribution in [0.3, 0.4) is 0 Å². The van der Waals surface area contributed by atoms with Gasteiger partial charge >= 0.3 is 6.18 Å². The molecule has 0 saturated heterocycles. The number of hydroxylamine groups is 1. The van der Waals surface area contributed by atoms with Gasteiger partial charge in [-0.3, -0.25) is 20.8 Å². The Morgan fingerprint density at radius 2 is 2.21 bits per heavy atom. The smallest absolute Gasteiger partial charge is 0.290 e. The molecular weight excluding hydrogens is 201 g/mol. The van der Waals surface area contributed by atoms with Crippen LogP contribution in [0.15, 0.2) is 6.07 Å². The number of aryl methyl sites for hydroxylation is 1. The maximum atomic E-state index is 12.1. The average molecular weight is 208 g/mol. The maximum Gasteiger partial charge on any atom is 0.435 e. The highest BCUT2D eigenvalue weighted by Gasteiger charge is 2.34. The van der Waals surface area contributed by atoms with E-state index in [1.54, 1.807) is 0 Å². The summed E-state index contributed by atoms with van der Waals surface area (Å²) in [5.41, 5.74) is 0.187. The molecule has 8 heteroatoms. The lowest BCUT2D eigenvalue weighted by molar-refractivity contribution is -0.141. The summed E-state index contributed by atoms with van der Waals surface area (Å²) in [4.78, 5) is 0. The van der Waals surface area contributed by atoms with Gasteiger partial charge in [0.25, 0.3) is 0 Å². The van der Waals surface area contributed by atoms with E-state index < -0.39 is 17.7 Å². The lowest BCUT2D eigenvalue weighted by Crippen LogP contribution is -2.21. The number of nitrogens with one attached hydrogen (secondary N) is 2. The van der Waals surface area contributed by atoms with E-state index in [9.17, 15) is 13.2 Å². The van der Waals surface area contributed by atoms with E-state index in [1.807, 2.05) is 0 Å². The van der Waals surface area contributed by atoms with Gasteiger partial charge in [-0.05, 0) is 6.07 Å². The molecule has 3 N–H and O–H groups in total. The van der Waals surface area contributed by atoms with Crippen LogP contribution in [0.25, 0.3) is 0 Å². The number of hydrogen-bond acceptors (Lipinski definition) is 3. The molecule has 0 unspecified atom stereocenters. The van der Waals surface area contributed by atoms with Crippen molar-refractivity contribution in [1.29, 1.82) is 5.41 Å². The minimum atomic E-state index is -4.55. The molecule has 0 saturated carbocycles. The zero-order chi connectivity index (χ0) is 10.9. The van der Waals surface area contributed by atoms with E-state index in [1.165, 1.54) is 12.5 Å². The highest BCUT2D eigenvalue weighted by molar-refractivity contribution is 5.93. The standard InChI is InChI=1S/C6H7F3N4O/c1-13-3(5(10)12-14)2-4(11-13)6(7,8)9/h2,14H,1H3,(H2,10,12). The molecule has 5 nitrogen and oxygen atoms in total. The van der Waals surface area contributed by atoms with Crippen molar-refractivity contribution in [2.24, 2.45) is 7.05 Å². The second-order valence-electron chi connectivity index (χ2n) is 2.52. The molecule has 0 atom stereocenters. The molecule has 1 heterocycles. The number of rotatable bonds is 1. The second kappa shape index (κ2) is 3.29. The highest BCUT2D eigenvalue weighted by atomic mass is 19.4. The monoisotopic (exact) mass is 208 g/mol. The first-order valence-electron chi connectivity index (χ1n) is 3.46. The SMILES string of the molecule is Cn1nc(C(F)(F)F)cc1C(=N)NO. The zero-order valence-corrected chi connectivity index (χ0v) is 7.05. The van der Waals surface area contributed by atoms with Crippen LogP contribution in [0.1, 0.15) is 11.4 Å². The molecule has 1 rings (SSSR count). The van der Waals surface area contributed by atoms with Gasteiger partial charge in [0.05, 0.1) is 0 Å². The Hall–Kier alpha value is -1.57. The Bertz CT molecular complexity index is 356. The van der Waals surface area contributed by atoms with Gasteiger partial charge in [0.2, 0.25) is 0 Å². The molecule has 0 fully saturated rings. The van der Waals surface area contributed by atoms with Gasteiger partial charge in [0.1, 0.15) is 5.69 Å². The third-order valence-electron chi connectivity index (χ3n) is 1.54. The van der Waals surface area contributed by atoms with Gasteiger partial charge in [-0.25, -0.2) is 0 Å². The number of halogens is 3. The van der Waals surface area contributed by atoms with Crippen LogP contribution in [-0.2, 0) is 13.2 Å². The predicted molar refractivity (Wildman–Crippen MR) is 40.0 cm³/mol. The summed E-state index contributed by atoms with van der Waals surface area (Å²) >= 11 is 0. The molecule has 0 spiro atoms. The fourth-order valence-corrected chi connectivity index (χ4v) is 0.897. The van der Waals surface area contributed by atoms with Gasteiger partial charge < -0.3 is 0 Å². The molecular formula is C6H7F3N4O. The maximum absolute atomic E-state index is 12.1. The fourth-order valence-electron chi connectivity index (χ4n) is 0.897. The van der Waals surface area contributed by atoms with Crippen molar-refractivity contribution < 1.29 is 18.4 Å². The predicted octanol–water partition coefficient (Wildman–Crippen LogP) is 0.743. The first kappa shape index (κ1) is 10.5. The molecule has 0 aliphatic heterocycles. The number of aromatic nitrogens is 2. The molecule has 0 aromatic carbocycles.